The van der Waals surface area contributed by atoms with Gasteiger partial charge in [0, 0.05) is 0 Å². The van der Waals surface area contributed by atoms with Crippen molar-refractivity contribution in [1.82, 2.24) is 5.32 Å². The molecule has 0 fully saturated rings. The van der Waals surface area contributed by atoms with Crippen molar-refractivity contribution in [2.24, 2.45) is 0 Å². The predicted octanol–water partition coefficient (Wildman–Crippen LogP) is 4.83. The Hall–Kier alpha value is -2.29. The van der Waals surface area contributed by atoms with Crippen LogP contribution in [0.1, 0.15) is 60.5 Å². The molecule has 0 spiro atoms. The van der Waals surface area contributed by atoms with Gasteiger partial charge in [-0.25, -0.2) is 0 Å². The summed E-state index contributed by atoms with van der Waals surface area (Å²) in [5, 5.41) is 3.09. The van der Waals surface area contributed by atoms with Gasteiger partial charge in [-0.1, -0.05) is 24.3 Å². The first-order chi connectivity index (χ1) is 12.4. The smallest absolute Gasteiger partial charge is 0.261 e. The van der Waals surface area contributed by atoms with Crippen molar-refractivity contribution in [3.05, 3.63) is 64.2 Å². The normalized spacial score (nSPS) is 15.7. The molecule has 0 radical (unpaired) electrons. The molecule has 1 amide bonds. The Morgan fingerprint density at radius 2 is 1.62 bits per heavy atom. The number of hydrogen-bond donors (Lipinski definition) is 1. The van der Waals surface area contributed by atoms with E-state index in [0.717, 1.165) is 28.9 Å². The molecule has 0 saturated carbocycles. The average molecular weight is 351 g/mol. The Bertz CT molecular complexity index is 777. The highest BCUT2D eigenvalue weighted by atomic mass is 16.5. The van der Waals surface area contributed by atoms with E-state index in [1.165, 1.54) is 30.4 Å². The van der Waals surface area contributed by atoms with Crippen LogP contribution in [0.5, 0.6) is 5.75 Å². The molecule has 0 aliphatic heterocycles. The summed E-state index contributed by atoms with van der Waals surface area (Å²) in [6.45, 7) is 7.89. The van der Waals surface area contributed by atoms with Crippen molar-refractivity contribution in [2.45, 2.75) is 65.5 Å². The van der Waals surface area contributed by atoms with E-state index in [4.69, 9.17) is 4.74 Å². The first-order valence-corrected chi connectivity index (χ1v) is 9.59. The maximum Gasteiger partial charge on any atom is 0.261 e. The van der Waals surface area contributed by atoms with Gasteiger partial charge in [0.2, 0.25) is 0 Å². The molecule has 1 aliphatic rings. The van der Waals surface area contributed by atoms with Gasteiger partial charge in [0.05, 0.1) is 6.04 Å². The summed E-state index contributed by atoms with van der Waals surface area (Å²) in [4.78, 5) is 12.6. The minimum atomic E-state index is -0.531. The van der Waals surface area contributed by atoms with Crippen LogP contribution in [0.3, 0.4) is 0 Å². The summed E-state index contributed by atoms with van der Waals surface area (Å²) in [5.41, 5.74) is 6.34. The van der Waals surface area contributed by atoms with Gasteiger partial charge in [-0.05, 0) is 93.3 Å². The van der Waals surface area contributed by atoms with Crippen LogP contribution in [0, 0.1) is 13.8 Å². The molecular weight excluding hydrogens is 322 g/mol. The number of carbonyl (C=O) groups is 1. The maximum absolute atomic E-state index is 12.6. The fraction of sp³-hybridized carbons (Fsp3) is 0.435. The third-order valence-corrected chi connectivity index (χ3v) is 5.11. The van der Waals surface area contributed by atoms with E-state index in [1.54, 1.807) is 6.92 Å². The molecular formula is C23H29NO2. The molecule has 2 atom stereocenters. The van der Waals surface area contributed by atoms with Gasteiger partial charge in [-0.3, -0.25) is 4.79 Å². The summed E-state index contributed by atoms with van der Waals surface area (Å²) < 4.78 is 5.85. The number of benzene rings is 2. The van der Waals surface area contributed by atoms with E-state index in [1.807, 2.05) is 32.9 Å². The summed E-state index contributed by atoms with van der Waals surface area (Å²) in [6.07, 6.45) is 4.34. The Balaban J connectivity index is 1.63. The lowest BCUT2D eigenvalue weighted by Gasteiger charge is -2.22. The van der Waals surface area contributed by atoms with E-state index >= 15 is 0 Å². The van der Waals surface area contributed by atoms with E-state index < -0.39 is 6.10 Å². The lowest BCUT2D eigenvalue weighted by Crippen LogP contribution is -2.37. The zero-order valence-electron chi connectivity index (χ0n) is 16.3. The predicted molar refractivity (Wildman–Crippen MR) is 106 cm³/mol. The van der Waals surface area contributed by atoms with Crippen LogP contribution in [0.25, 0.3) is 0 Å². The number of ether oxygens (including phenoxy) is 1. The minimum Gasteiger partial charge on any atom is -0.481 e. The molecule has 2 aromatic carbocycles. The highest BCUT2D eigenvalue weighted by molar-refractivity contribution is 5.81. The Labute approximate surface area is 156 Å². The Morgan fingerprint density at radius 3 is 2.31 bits per heavy atom. The second-order valence-electron chi connectivity index (χ2n) is 7.55. The van der Waals surface area contributed by atoms with Gasteiger partial charge in [0.1, 0.15) is 5.75 Å². The molecule has 3 heteroatoms. The number of rotatable bonds is 5. The number of hydrogen-bond acceptors (Lipinski definition) is 2. The average Bonchev–Trinajstić information content (AvgIpc) is 2.60. The molecule has 0 heterocycles. The van der Waals surface area contributed by atoms with E-state index in [9.17, 15) is 4.79 Å². The molecule has 138 valence electrons. The Kier molecular flexibility index (Phi) is 5.65. The van der Waals surface area contributed by atoms with Crippen molar-refractivity contribution in [1.29, 1.82) is 0 Å². The number of fused-ring (bicyclic) bond motifs is 1. The molecule has 3 nitrogen and oxygen atoms in total. The monoisotopic (exact) mass is 351 g/mol. The molecule has 26 heavy (non-hydrogen) atoms. The summed E-state index contributed by atoms with van der Waals surface area (Å²) >= 11 is 0. The molecule has 0 bridgehead atoms. The third-order valence-electron chi connectivity index (χ3n) is 5.11. The van der Waals surface area contributed by atoms with Gasteiger partial charge in [-0.2, -0.15) is 0 Å². The highest BCUT2D eigenvalue weighted by Crippen LogP contribution is 2.25. The molecule has 0 unspecified atom stereocenters. The van der Waals surface area contributed by atoms with Gasteiger partial charge in [-0.15, -0.1) is 0 Å². The van der Waals surface area contributed by atoms with Crippen LogP contribution in [0.4, 0.5) is 0 Å². The number of aryl methyl sites for hydroxylation is 4. The van der Waals surface area contributed by atoms with Crippen LogP contribution >= 0.6 is 0 Å². The SMILES string of the molecule is Cc1cc(C)cc(O[C@@H](C)C(=O)N[C@H](C)c2ccc3c(c2)CCCC3)c1. The lowest BCUT2D eigenvalue weighted by atomic mass is 9.89. The molecule has 0 aromatic heterocycles. The second-order valence-corrected chi connectivity index (χ2v) is 7.55. The van der Waals surface area contributed by atoms with Crippen LogP contribution in [0.2, 0.25) is 0 Å². The molecule has 0 saturated heterocycles. The van der Waals surface area contributed by atoms with E-state index in [0.29, 0.717) is 0 Å². The van der Waals surface area contributed by atoms with Crippen molar-refractivity contribution in [2.75, 3.05) is 0 Å². The summed E-state index contributed by atoms with van der Waals surface area (Å²) in [5.74, 6) is 0.654. The number of nitrogens with one attached hydrogen (secondary N) is 1. The first kappa shape index (κ1) is 18.5. The maximum atomic E-state index is 12.6. The van der Waals surface area contributed by atoms with Gasteiger partial charge in [0.25, 0.3) is 5.91 Å². The topological polar surface area (TPSA) is 38.3 Å². The van der Waals surface area contributed by atoms with Crippen molar-refractivity contribution < 1.29 is 9.53 Å². The highest BCUT2D eigenvalue weighted by Gasteiger charge is 2.19. The summed E-state index contributed by atoms with van der Waals surface area (Å²) in [6, 6.07) is 12.6. The van der Waals surface area contributed by atoms with Crippen molar-refractivity contribution >= 4 is 5.91 Å². The minimum absolute atomic E-state index is 0.0278. The van der Waals surface area contributed by atoms with Gasteiger partial charge in [0.15, 0.2) is 6.10 Å². The van der Waals surface area contributed by atoms with Crippen LogP contribution in [0.15, 0.2) is 36.4 Å². The van der Waals surface area contributed by atoms with Crippen LogP contribution < -0.4 is 10.1 Å². The lowest BCUT2D eigenvalue weighted by molar-refractivity contribution is -0.127. The van der Waals surface area contributed by atoms with Crippen molar-refractivity contribution in [3.8, 4) is 5.75 Å². The molecule has 1 aliphatic carbocycles. The molecule has 1 N–H and O–H groups in total. The van der Waals surface area contributed by atoms with Gasteiger partial charge < -0.3 is 10.1 Å². The quantitative estimate of drug-likeness (QED) is 0.838. The fourth-order valence-corrected chi connectivity index (χ4v) is 3.70. The standard InChI is InChI=1S/C23H29NO2/c1-15-11-16(2)13-22(12-15)26-18(4)23(25)24-17(3)20-10-9-19-7-5-6-8-21(19)14-20/h9-14,17-18H,5-8H2,1-4H3,(H,24,25)/t17-,18+/m1/s1. The molecule has 3 rings (SSSR count). The fourth-order valence-electron chi connectivity index (χ4n) is 3.70. The Morgan fingerprint density at radius 1 is 0.962 bits per heavy atom. The van der Waals surface area contributed by atoms with Gasteiger partial charge >= 0.3 is 0 Å². The molecule has 2 aromatic rings. The first-order valence-electron chi connectivity index (χ1n) is 9.59. The number of carbonyl (C=O) groups excluding carboxylic acids is 1. The van der Waals surface area contributed by atoms with Crippen LogP contribution in [-0.2, 0) is 17.6 Å². The van der Waals surface area contributed by atoms with Crippen LogP contribution in [-0.4, -0.2) is 12.0 Å². The second kappa shape index (κ2) is 7.94. The third kappa shape index (κ3) is 4.46. The largest absolute Gasteiger partial charge is 0.481 e. The van der Waals surface area contributed by atoms with E-state index in [2.05, 4.69) is 29.6 Å². The zero-order chi connectivity index (χ0) is 18.7. The zero-order valence-corrected chi connectivity index (χ0v) is 16.3. The number of amides is 1. The van der Waals surface area contributed by atoms with Crippen molar-refractivity contribution in [3.63, 3.8) is 0 Å². The summed E-state index contributed by atoms with van der Waals surface area (Å²) in [7, 11) is 0. The van der Waals surface area contributed by atoms with E-state index in [-0.39, 0.29) is 11.9 Å².